The van der Waals surface area contributed by atoms with Crippen LogP contribution in [-0.2, 0) is 7.05 Å². The molecule has 0 unspecified atom stereocenters. The van der Waals surface area contributed by atoms with Gasteiger partial charge in [-0.1, -0.05) is 18.2 Å². The van der Waals surface area contributed by atoms with Crippen LogP contribution in [0.3, 0.4) is 0 Å². The highest BCUT2D eigenvalue weighted by Gasteiger charge is 2.26. The van der Waals surface area contributed by atoms with Crippen molar-refractivity contribution in [2.24, 2.45) is 7.05 Å². The van der Waals surface area contributed by atoms with Crippen molar-refractivity contribution in [3.63, 3.8) is 0 Å². The zero-order chi connectivity index (χ0) is 15.9. The van der Waals surface area contributed by atoms with Crippen molar-refractivity contribution in [2.45, 2.75) is 19.9 Å². The van der Waals surface area contributed by atoms with Gasteiger partial charge in [-0.2, -0.15) is 5.10 Å². The first-order chi connectivity index (χ1) is 10.5. The molecule has 7 heteroatoms. The number of hydrogen-bond donors (Lipinski definition) is 1. The van der Waals surface area contributed by atoms with Crippen molar-refractivity contribution in [1.29, 1.82) is 0 Å². The van der Waals surface area contributed by atoms with Crippen molar-refractivity contribution in [1.82, 2.24) is 9.78 Å². The second-order valence-corrected chi connectivity index (χ2v) is 5.22. The lowest BCUT2D eigenvalue weighted by Crippen LogP contribution is -2.10. The summed E-state index contributed by atoms with van der Waals surface area (Å²) in [5.41, 5.74) is 1.17. The lowest BCUT2D eigenvalue weighted by Gasteiger charge is -2.12. The van der Waals surface area contributed by atoms with Crippen molar-refractivity contribution >= 4 is 22.5 Å². The molecule has 0 saturated carbocycles. The lowest BCUT2D eigenvalue weighted by atomic mass is 10.2. The average molecular weight is 300 g/mol. The van der Waals surface area contributed by atoms with E-state index in [4.69, 9.17) is 4.42 Å². The predicted octanol–water partition coefficient (Wildman–Crippen LogP) is 3.56. The molecule has 0 bridgehead atoms. The summed E-state index contributed by atoms with van der Waals surface area (Å²) in [7, 11) is 1.67. The molecule has 0 fully saturated rings. The van der Waals surface area contributed by atoms with Crippen LogP contribution in [0.4, 0.5) is 11.5 Å². The van der Waals surface area contributed by atoms with Crippen LogP contribution in [0.15, 0.2) is 34.7 Å². The third-order valence-electron chi connectivity index (χ3n) is 3.60. The molecule has 0 aliphatic rings. The summed E-state index contributed by atoms with van der Waals surface area (Å²) in [6, 6.07) is 9.41. The molecule has 1 N–H and O–H groups in total. The summed E-state index contributed by atoms with van der Waals surface area (Å²) in [6.07, 6.45) is 0. The molecule has 0 radical (unpaired) electrons. The summed E-state index contributed by atoms with van der Waals surface area (Å²) < 4.78 is 7.27. The van der Waals surface area contributed by atoms with Gasteiger partial charge in [-0.15, -0.1) is 0 Å². The zero-order valence-corrected chi connectivity index (χ0v) is 12.5. The Morgan fingerprint density at radius 1 is 1.41 bits per heavy atom. The van der Waals surface area contributed by atoms with Gasteiger partial charge in [0, 0.05) is 12.4 Å². The SMILES string of the molecule is Cc1nn(C)c(N[C@H](C)c2cc3ccccc3o2)c1[N+](=O)[O-]. The predicted molar refractivity (Wildman–Crippen MR) is 82.9 cm³/mol. The minimum absolute atomic E-state index is 0.00883. The molecular weight excluding hydrogens is 284 g/mol. The summed E-state index contributed by atoms with van der Waals surface area (Å²) in [4.78, 5) is 10.8. The maximum Gasteiger partial charge on any atom is 0.333 e. The topological polar surface area (TPSA) is 86.1 Å². The maximum atomic E-state index is 11.2. The number of nitrogens with zero attached hydrogens (tertiary/aromatic N) is 3. The number of nitro groups is 1. The van der Waals surface area contributed by atoms with Gasteiger partial charge < -0.3 is 9.73 Å². The van der Waals surface area contributed by atoms with E-state index in [0.717, 1.165) is 11.0 Å². The van der Waals surface area contributed by atoms with E-state index in [-0.39, 0.29) is 11.7 Å². The number of anilines is 1. The quantitative estimate of drug-likeness (QED) is 0.588. The number of para-hydroxylation sites is 1. The number of furan rings is 1. The van der Waals surface area contributed by atoms with Crippen molar-refractivity contribution in [3.05, 3.63) is 51.9 Å². The van der Waals surface area contributed by atoms with Gasteiger partial charge in [-0.3, -0.25) is 10.1 Å². The normalized spacial score (nSPS) is 12.5. The van der Waals surface area contributed by atoms with E-state index < -0.39 is 4.92 Å². The number of aromatic nitrogens is 2. The summed E-state index contributed by atoms with van der Waals surface area (Å²) >= 11 is 0. The van der Waals surface area contributed by atoms with E-state index >= 15 is 0 Å². The molecule has 3 rings (SSSR count). The Balaban J connectivity index is 1.94. The van der Waals surface area contributed by atoms with Gasteiger partial charge in [0.05, 0.1) is 11.0 Å². The first-order valence-corrected chi connectivity index (χ1v) is 6.90. The Morgan fingerprint density at radius 2 is 2.14 bits per heavy atom. The van der Waals surface area contributed by atoms with Gasteiger partial charge in [0.15, 0.2) is 0 Å². The average Bonchev–Trinajstić information content (AvgIpc) is 3.00. The van der Waals surface area contributed by atoms with Crippen LogP contribution in [0.25, 0.3) is 11.0 Å². The molecule has 0 spiro atoms. The minimum Gasteiger partial charge on any atom is -0.459 e. The second-order valence-electron chi connectivity index (χ2n) is 5.22. The number of rotatable bonds is 4. The van der Waals surface area contributed by atoms with Gasteiger partial charge in [-0.25, -0.2) is 4.68 Å². The first kappa shape index (κ1) is 14.1. The fourth-order valence-electron chi connectivity index (χ4n) is 2.52. The van der Waals surface area contributed by atoms with Gasteiger partial charge >= 0.3 is 5.69 Å². The number of aryl methyl sites for hydroxylation is 2. The van der Waals surface area contributed by atoms with Gasteiger partial charge in [-0.05, 0) is 26.0 Å². The number of hydrogen-bond acceptors (Lipinski definition) is 5. The maximum absolute atomic E-state index is 11.2. The molecule has 2 aromatic heterocycles. The third-order valence-corrected chi connectivity index (χ3v) is 3.60. The van der Waals surface area contributed by atoms with Crippen LogP contribution in [0.1, 0.15) is 24.4 Å². The van der Waals surface area contributed by atoms with Crippen molar-refractivity contribution in [3.8, 4) is 0 Å². The smallest absolute Gasteiger partial charge is 0.333 e. The summed E-state index contributed by atoms with van der Waals surface area (Å²) in [6.45, 7) is 3.51. The Bertz CT molecular complexity index is 817. The molecule has 1 aromatic carbocycles. The monoisotopic (exact) mass is 300 g/mol. The van der Waals surface area contributed by atoms with Crippen molar-refractivity contribution in [2.75, 3.05) is 5.32 Å². The van der Waals surface area contributed by atoms with Gasteiger partial charge in [0.2, 0.25) is 5.82 Å². The zero-order valence-electron chi connectivity index (χ0n) is 12.5. The van der Waals surface area contributed by atoms with E-state index in [9.17, 15) is 10.1 Å². The Morgan fingerprint density at radius 3 is 2.82 bits per heavy atom. The van der Waals surface area contributed by atoms with Gasteiger partial charge in [0.1, 0.15) is 17.0 Å². The Kier molecular flexibility index (Phi) is 3.32. The molecule has 3 aromatic rings. The van der Waals surface area contributed by atoms with E-state index in [1.54, 1.807) is 14.0 Å². The molecule has 0 aliphatic carbocycles. The van der Waals surface area contributed by atoms with Crippen molar-refractivity contribution < 1.29 is 9.34 Å². The summed E-state index contributed by atoms with van der Waals surface area (Å²) in [5.74, 6) is 1.09. The van der Waals surface area contributed by atoms with Crippen LogP contribution >= 0.6 is 0 Å². The molecule has 7 nitrogen and oxygen atoms in total. The highest BCUT2D eigenvalue weighted by molar-refractivity contribution is 5.78. The fourth-order valence-corrected chi connectivity index (χ4v) is 2.52. The van der Waals surface area contributed by atoms with Crippen LogP contribution in [-0.4, -0.2) is 14.7 Å². The molecule has 0 amide bonds. The molecule has 114 valence electrons. The number of nitrogens with one attached hydrogen (secondary N) is 1. The van der Waals surface area contributed by atoms with Crippen LogP contribution in [0, 0.1) is 17.0 Å². The third kappa shape index (κ3) is 2.30. The summed E-state index contributed by atoms with van der Waals surface area (Å²) in [5, 5.41) is 19.4. The van der Waals surface area contributed by atoms with Crippen LogP contribution < -0.4 is 5.32 Å². The van der Waals surface area contributed by atoms with E-state index in [1.807, 2.05) is 37.3 Å². The molecule has 2 heterocycles. The largest absolute Gasteiger partial charge is 0.459 e. The lowest BCUT2D eigenvalue weighted by molar-refractivity contribution is -0.384. The number of fused-ring (bicyclic) bond motifs is 1. The van der Waals surface area contributed by atoms with E-state index in [1.165, 1.54) is 4.68 Å². The molecule has 0 aliphatic heterocycles. The molecule has 0 saturated heterocycles. The van der Waals surface area contributed by atoms with E-state index in [2.05, 4.69) is 10.4 Å². The van der Waals surface area contributed by atoms with Crippen LogP contribution in [0.5, 0.6) is 0 Å². The fraction of sp³-hybridized carbons (Fsp3) is 0.267. The minimum atomic E-state index is -0.421. The van der Waals surface area contributed by atoms with Gasteiger partial charge in [0.25, 0.3) is 0 Å². The molecular formula is C15H16N4O3. The molecule has 1 atom stereocenters. The van der Waals surface area contributed by atoms with E-state index in [0.29, 0.717) is 17.3 Å². The highest BCUT2D eigenvalue weighted by Crippen LogP contribution is 2.32. The molecule has 22 heavy (non-hydrogen) atoms. The number of benzene rings is 1. The Hall–Kier alpha value is -2.83. The highest BCUT2D eigenvalue weighted by atomic mass is 16.6. The second kappa shape index (κ2) is 5.18. The standard InChI is InChI=1S/C15H16N4O3/c1-9(13-8-11-6-4-5-7-12(11)22-13)16-15-14(19(20)21)10(2)17-18(15)3/h4-9,16H,1-3H3/t9-/m1/s1. The van der Waals surface area contributed by atoms with Crippen LogP contribution in [0.2, 0.25) is 0 Å². The Labute approximate surface area is 126 Å². The first-order valence-electron chi connectivity index (χ1n) is 6.90.